The van der Waals surface area contributed by atoms with Crippen LogP contribution in [-0.2, 0) is 16.5 Å². The summed E-state index contributed by atoms with van der Waals surface area (Å²) in [6, 6.07) is 0. The lowest BCUT2D eigenvalue weighted by Crippen LogP contribution is -2.36. The van der Waals surface area contributed by atoms with Crippen molar-refractivity contribution in [2.75, 3.05) is 26.3 Å². The zero-order valence-corrected chi connectivity index (χ0v) is 15.2. The van der Waals surface area contributed by atoms with Gasteiger partial charge in [-0.05, 0) is 39.2 Å². The third-order valence-corrected chi connectivity index (χ3v) is 4.11. The first-order valence-electron chi connectivity index (χ1n) is 8.58. The Morgan fingerprint density at radius 1 is 1.50 bits per heavy atom. The van der Waals surface area contributed by atoms with Crippen molar-refractivity contribution in [3.05, 3.63) is 17.5 Å². The van der Waals surface area contributed by atoms with E-state index in [9.17, 15) is 4.79 Å². The van der Waals surface area contributed by atoms with E-state index in [1.54, 1.807) is 0 Å². The van der Waals surface area contributed by atoms with Crippen molar-refractivity contribution >= 4 is 6.09 Å². The average Bonchev–Trinajstić information content (AvgIpc) is 2.89. The van der Waals surface area contributed by atoms with Crippen LogP contribution in [0.1, 0.15) is 56.7 Å². The van der Waals surface area contributed by atoms with E-state index in [1.807, 2.05) is 38.7 Å². The number of nitrogens with two attached hydrogens (primary N) is 1. The fraction of sp³-hybridized carbons (Fsp3) is 0.765. The molecule has 0 saturated carbocycles. The van der Waals surface area contributed by atoms with Crippen molar-refractivity contribution in [2.24, 2.45) is 12.8 Å². The van der Waals surface area contributed by atoms with Gasteiger partial charge in [-0.1, -0.05) is 0 Å². The summed E-state index contributed by atoms with van der Waals surface area (Å²) in [5, 5.41) is 7.48. The van der Waals surface area contributed by atoms with Gasteiger partial charge in [-0.25, -0.2) is 4.79 Å². The Balaban J connectivity index is 2.05. The minimum Gasteiger partial charge on any atom is -0.444 e. The quantitative estimate of drug-likeness (QED) is 0.855. The monoisotopic (exact) mass is 338 g/mol. The van der Waals surface area contributed by atoms with Gasteiger partial charge in [0.05, 0.1) is 5.69 Å². The lowest BCUT2D eigenvalue weighted by molar-refractivity contribution is 0.0524. The van der Waals surface area contributed by atoms with Crippen LogP contribution in [0.15, 0.2) is 6.20 Å². The number of aromatic nitrogens is 2. The van der Waals surface area contributed by atoms with Crippen LogP contribution in [0, 0.1) is 0 Å². The molecule has 1 aliphatic heterocycles. The molecule has 1 atom stereocenters. The molecule has 1 aliphatic rings. The first-order chi connectivity index (χ1) is 11.3. The highest BCUT2D eigenvalue weighted by Gasteiger charge is 2.26. The maximum absolute atomic E-state index is 11.9. The van der Waals surface area contributed by atoms with Crippen molar-refractivity contribution in [3.63, 3.8) is 0 Å². The Bertz CT molecular complexity index is 545. The van der Waals surface area contributed by atoms with Crippen molar-refractivity contribution < 1.29 is 14.3 Å². The van der Waals surface area contributed by atoms with Gasteiger partial charge in [0, 0.05) is 51.4 Å². The summed E-state index contributed by atoms with van der Waals surface area (Å²) >= 11 is 0. The van der Waals surface area contributed by atoms with E-state index in [0.29, 0.717) is 19.0 Å². The lowest BCUT2D eigenvalue weighted by Gasteiger charge is -2.24. The van der Waals surface area contributed by atoms with Crippen LogP contribution >= 0.6 is 0 Å². The predicted molar refractivity (Wildman–Crippen MR) is 92.0 cm³/mol. The second kappa shape index (κ2) is 7.98. The number of carbonyl (C=O) groups excluding carboxylic acids is 1. The molecular weight excluding hydrogens is 308 g/mol. The molecule has 1 fully saturated rings. The molecule has 7 nitrogen and oxygen atoms in total. The van der Waals surface area contributed by atoms with Crippen molar-refractivity contribution in [3.8, 4) is 0 Å². The van der Waals surface area contributed by atoms with E-state index in [4.69, 9.17) is 15.2 Å². The number of rotatable bonds is 5. The summed E-state index contributed by atoms with van der Waals surface area (Å²) in [4.78, 5) is 11.9. The molecule has 0 radical (unpaired) electrons. The molecule has 2 heterocycles. The van der Waals surface area contributed by atoms with Crippen LogP contribution in [-0.4, -0.2) is 47.8 Å². The highest BCUT2D eigenvalue weighted by molar-refractivity contribution is 5.67. The fourth-order valence-corrected chi connectivity index (χ4v) is 2.97. The SMILES string of the molecule is Cn1cc(C(CN)CNC(=O)OC(C)(C)C)c(C2CCOCC2)n1. The van der Waals surface area contributed by atoms with Gasteiger partial charge in [-0.2, -0.15) is 5.10 Å². The van der Waals surface area contributed by atoms with Crippen LogP contribution in [0.25, 0.3) is 0 Å². The van der Waals surface area contributed by atoms with Gasteiger partial charge >= 0.3 is 6.09 Å². The van der Waals surface area contributed by atoms with E-state index in [-0.39, 0.29) is 5.92 Å². The summed E-state index contributed by atoms with van der Waals surface area (Å²) in [6.45, 7) is 7.95. The molecule has 136 valence electrons. The topological polar surface area (TPSA) is 91.4 Å². The minimum absolute atomic E-state index is 0.0177. The second-order valence-electron chi connectivity index (χ2n) is 7.35. The molecule has 0 aliphatic carbocycles. The number of hydrogen-bond donors (Lipinski definition) is 2. The zero-order chi connectivity index (χ0) is 17.7. The molecule has 1 unspecified atom stereocenters. The van der Waals surface area contributed by atoms with Gasteiger partial charge in [0.2, 0.25) is 0 Å². The molecule has 0 spiro atoms. The lowest BCUT2D eigenvalue weighted by atomic mass is 9.89. The van der Waals surface area contributed by atoms with Crippen molar-refractivity contribution in [2.45, 2.75) is 51.0 Å². The Morgan fingerprint density at radius 3 is 2.75 bits per heavy atom. The average molecular weight is 338 g/mol. The van der Waals surface area contributed by atoms with Gasteiger partial charge in [-0.3, -0.25) is 4.68 Å². The van der Waals surface area contributed by atoms with E-state index in [2.05, 4.69) is 10.4 Å². The summed E-state index contributed by atoms with van der Waals surface area (Å²) in [5.74, 6) is 0.412. The summed E-state index contributed by atoms with van der Waals surface area (Å²) in [5.41, 5.74) is 7.66. The number of hydrogen-bond acceptors (Lipinski definition) is 5. The van der Waals surface area contributed by atoms with Crippen LogP contribution in [0.2, 0.25) is 0 Å². The molecule has 1 aromatic heterocycles. The number of amides is 1. The minimum atomic E-state index is -0.510. The van der Waals surface area contributed by atoms with Crippen LogP contribution in [0.4, 0.5) is 4.79 Å². The highest BCUT2D eigenvalue weighted by atomic mass is 16.6. The van der Waals surface area contributed by atoms with E-state index >= 15 is 0 Å². The van der Waals surface area contributed by atoms with Gasteiger partial charge in [0.1, 0.15) is 5.60 Å². The number of carbonyl (C=O) groups is 1. The first-order valence-corrected chi connectivity index (χ1v) is 8.58. The normalized spacial score (nSPS) is 17.5. The number of nitrogens with one attached hydrogen (secondary N) is 1. The Kier molecular flexibility index (Phi) is 6.23. The van der Waals surface area contributed by atoms with Crippen molar-refractivity contribution in [1.82, 2.24) is 15.1 Å². The maximum Gasteiger partial charge on any atom is 0.407 e. The molecule has 1 saturated heterocycles. The van der Waals surface area contributed by atoms with E-state index < -0.39 is 11.7 Å². The highest BCUT2D eigenvalue weighted by Crippen LogP contribution is 2.31. The van der Waals surface area contributed by atoms with Gasteiger partial charge in [-0.15, -0.1) is 0 Å². The van der Waals surface area contributed by atoms with Gasteiger partial charge < -0.3 is 20.5 Å². The molecular formula is C17H30N4O3. The van der Waals surface area contributed by atoms with Crippen LogP contribution in [0.3, 0.4) is 0 Å². The van der Waals surface area contributed by atoms with Crippen molar-refractivity contribution in [1.29, 1.82) is 0 Å². The molecule has 1 amide bonds. The molecule has 0 aromatic carbocycles. The summed E-state index contributed by atoms with van der Waals surface area (Å²) in [6.07, 6.45) is 3.54. The number of nitrogens with zero attached hydrogens (tertiary/aromatic N) is 2. The Hall–Kier alpha value is -1.60. The molecule has 24 heavy (non-hydrogen) atoms. The number of ether oxygens (including phenoxy) is 2. The molecule has 0 bridgehead atoms. The van der Waals surface area contributed by atoms with Crippen LogP contribution in [0.5, 0.6) is 0 Å². The predicted octanol–water partition coefficient (Wildman–Crippen LogP) is 1.88. The smallest absolute Gasteiger partial charge is 0.407 e. The largest absolute Gasteiger partial charge is 0.444 e. The molecule has 3 N–H and O–H groups in total. The Morgan fingerprint density at radius 2 is 2.17 bits per heavy atom. The first kappa shape index (κ1) is 18.7. The Labute approximate surface area is 143 Å². The number of aryl methyl sites for hydroxylation is 1. The molecule has 1 aromatic rings. The maximum atomic E-state index is 11.9. The zero-order valence-electron chi connectivity index (χ0n) is 15.2. The third-order valence-electron chi connectivity index (χ3n) is 4.11. The third kappa shape index (κ3) is 5.21. The van der Waals surface area contributed by atoms with Gasteiger partial charge in [0.25, 0.3) is 0 Å². The summed E-state index contributed by atoms with van der Waals surface area (Å²) in [7, 11) is 1.92. The fourth-order valence-electron chi connectivity index (χ4n) is 2.97. The number of alkyl carbamates (subject to hydrolysis) is 1. The standard InChI is InChI=1S/C17H30N4O3/c1-17(2,3)24-16(22)19-10-13(9-18)14-11-21(4)20-15(14)12-5-7-23-8-6-12/h11-13H,5-10,18H2,1-4H3,(H,19,22). The molecule has 2 rings (SSSR count). The second-order valence-corrected chi connectivity index (χ2v) is 7.35. The van der Waals surface area contributed by atoms with E-state index in [1.165, 1.54) is 0 Å². The summed E-state index contributed by atoms with van der Waals surface area (Å²) < 4.78 is 12.6. The molecule has 7 heteroatoms. The van der Waals surface area contributed by atoms with E-state index in [0.717, 1.165) is 37.3 Å². The van der Waals surface area contributed by atoms with Crippen LogP contribution < -0.4 is 11.1 Å². The van der Waals surface area contributed by atoms with Gasteiger partial charge in [0.15, 0.2) is 0 Å².